The van der Waals surface area contributed by atoms with Crippen molar-refractivity contribution in [2.75, 3.05) is 0 Å². The summed E-state index contributed by atoms with van der Waals surface area (Å²) in [4.78, 5) is 15.3. The first-order valence-electron chi connectivity index (χ1n) is 11.5. The molecule has 0 atom stereocenters. The predicted octanol–water partition coefficient (Wildman–Crippen LogP) is 7.02. The Labute approximate surface area is 205 Å². The molecule has 0 saturated heterocycles. The van der Waals surface area contributed by atoms with Crippen molar-refractivity contribution >= 4 is 29.1 Å². The number of para-hydroxylation sites is 1. The van der Waals surface area contributed by atoms with Crippen LogP contribution in [0.1, 0.15) is 49.3 Å². The molecular weight excluding hydrogens is 467 g/mol. The van der Waals surface area contributed by atoms with Crippen LogP contribution in [0.5, 0.6) is 0 Å². The fourth-order valence-corrected chi connectivity index (χ4v) is 5.17. The monoisotopic (exact) mass is 490 g/mol. The van der Waals surface area contributed by atoms with Crippen LogP contribution in [0, 0.1) is 15.9 Å². The lowest BCUT2D eigenvalue weighted by Crippen LogP contribution is -2.11. The van der Waals surface area contributed by atoms with E-state index in [2.05, 4.69) is 34.4 Å². The Morgan fingerprint density at radius 1 is 1.06 bits per heavy atom. The van der Waals surface area contributed by atoms with E-state index in [0.29, 0.717) is 10.7 Å². The molecule has 35 heavy (non-hydrogen) atoms. The number of nitro groups is 1. The molecule has 0 radical (unpaired) electrons. The van der Waals surface area contributed by atoms with Gasteiger partial charge in [-0.1, -0.05) is 55.7 Å². The van der Waals surface area contributed by atoms with Crippen molar-refractivity contribution in [3.63, 3.8) is 0 Å². The van der Waals surface area contributed by atoms with Crippen molar-refractivity contribution in [3.8, 4) is 11.3 Å². The van der Waals surface area contributed by atoms with Crippen LogP contribution in [-0.4, -0.2) is 15.8 Å². The molecule has 178 valence electrons. The highest BCUT2D eigenvalue weighted by atomic mass is 32.1. The summed E-state index contributed by atoms with van der Waals surface area (Å²) in [6, 6.07) is 17.5. The molecule has 1 fully saturated rings. The normalized spacial score (nSPS) is 15.2. The third-order valence-electron chi connectivity index (χ3n) is 6.13. The van der Waals surface area contributed by atoms with E-state index in [1.165, 1.54) is 73.4 Å². The van der Waals surface area contributed by atoms with Gasteiger partial charge in [0.1, 0.15) is 16.4 Å². The first-order chi connectivity index (χ1) is 17.1. The molecule has 0 amide bonds. The smallest absolute Gasteiger partial charge is 0.400 e. The minimum absolute atomic E-state index is 0.200. The summed E-state index contributed by atoms with van der Waals surface area (Å²) in [6.45, 7) is 0. The maximum Gasteiger partial charge on any atom is 0.433 e. The van der Waals surface area contributed by atoms with Gasteiger partial charge in [-0.15, -0.1) is 11.3 Å². The quantitative estimate of drug-likeness (QED) is 0.165. The number of thiazole rings is 1. The summed E-state index contributed by atoms with van der Waals surface area (Å²) < 4.78 is 21.1. The maximum atomic E-state index is 14.3. The number of hydrogen-bond donors (Lipinski definition) is 0. The average molecular weight is 491 g/mol. The largest absolute Gasteiger partial charge is 0.433 e. The van der Waals surface area contributed by atoms with Crippen LogP contribution < -0.4 is 4.80 Å². The third kappa shape index (κ3) is 5.14. The summed E-state index contributed by atoms with van der Waals surface area (Å²) in [5.74, 6) is 0.0330. The molecule has 0 N–H and O–H groups in total. The Balaban J connectivity index is 1.54. The number of nitrogens with zero attached hydrogens (tertiary/aromatic N) is 4. The summed E-state index contributed by atoms with van der Waals surface area (Å²) in [7, 11) is 0. The van der Waals surface area contributed by atoms with E-state index in [9.17, 15) is 14.5 Å². The lowest BCUT2D eigenvalue weighted by atomic mass is 9.84. The van der Waals surface area contributed by atoms with Crippen LogP contribution in [0.25, 0.3) is 11.3 Å². The van der Waals surface area contributed by atoms with Crippen molar-refractivity contribution in [1.82, 2.24) is 4.68 Å². The number of hydrogen-bond acceptors (Lipinski definition) is 6. The maximum absolute atomic E-state index is 14.3. The van der Waals surface area contributed by atoms with E-state index in [1.807, 2.05) is 5.38 Å². The molecule has 2 aromatic heterocycles. The van der Waals surface area contributed by atoms with Gasteiger partial charge in [-0.2, -0.15) is 5.10 Å². The fourth-order valence-electron chi connectivity index (χ4n) is 4.32. The predicted molar refractivity (Wildman–Crippen MR) is 134 cm³/mol. The molecule has 0 spiro atoms. The molecule has 0 aliphatic heterocycles. The number of rotatable bonds is 6. The molecule has 0 bridgehead atoms. The number of aromatic nitrogens is 1. The standard InChI is InChI=1S/C26H23FN4O3S/c27-22-8-4-5-9-23(22)29-26-30(28-16-21-14-15-25(34-21)31(32)33)24(17-35-26)20-12-10-19(11-13-20)18-6-2-1-3-7-18/h4-5,8-18H,1-3,6-7H2. The number of benzene rings is 2. The van der Waals surface area contributed by atoms with Crippen molar-refractivity contribution < 1.29 is 13.7 Å². The lowest BCUT2D eigenvalue weighted by molar-refractivity contribution is -0.402. The van der Waals surface area contributed by atoms with E-state index < -0.39 is 10.7 Å². The molecular formula is C26H23FN4O3S. The van der Waals surface area contributed by atoms with Gasteiger partial charge < -0.3 is 4.42 Å². The zero-order valence-electron chi connectivity index (χ0n) is 18.8. The number of halogens is 1. The first-order valence-corrected chi connectivity index (χ1v) is 12.4. The van der Waals surface area contributed by atoms with Gasteiger partial charge in [0.15, 0.2) is 5.76 Å². The molecule has 9 heteroatoms. The second-order valence-electron chi connectivity index (χ2n) is 8.41. The van der Waals surface area contributed by atoms with Crippen LogP contribution >= 0.6 is 11.3 Å². The van der Waals surface area contributed by atoms with Crippen LogP contribution in [0.2, 0.25) is 0 Å². The van der Waals surface area contributed by atoms with Crippen molar-refractivity contribution in [3.05, 3.63) is 98.1 Å². The summed E-state index contributed by atoms with van der Waals surface area (Å²) in [6.07, 6.45) is 7.70. The van der Waals surface area contributed by atoms with E-state index in [0.717, 1.165) is 11.3 Å². The molecule has 7 nitrogen and oxygen atoms in total. The van der Waals surface area contributed by atoms with Gasteiger partial charge >= 0.3 is 5.88 Å². The SMILES string of the molecule is O=[N+]([O-])c1ccc(C=Nn2c(-c3ccc(C4CCCCC4)cc3)csc2=Nc2ccccc2F)o1. The van der Waals surface area contributed by atoms with Crippen molar-refractivity contribution in [2.24, 2.45) is 10.1 Å². The van der Waals surface area contributed by atoms with Gasteiger partial charge in [0.2, 0.25) is 4.80 Å². The minimum Gasteiger partial charge on any atom is -0.400 e. The third-order valence-corrected chi connectivity index (χ3v) is 6.95. The van der Waals surface area contributed by atoms with Gasteiger partial charge in [0.25, 0.3) is 0 Å². The van der Waals surface area contributed by atoms with E-state index >= 15 is 0 Å². The zero-order chi connectivity index (χ0) is 24.2. The van der Waals surface area contributed by atoms with Gasteiger partial charge in [-0.3, -0.25) is 10.1 Å². The first kappa shape index (κ1) is 22.9. The van der Waals surface area contributed by atoms with Crippen molar-refractivity contribution in [1.29, 1.82) is 0 Å². The second-order valence-corrected chi connectivity index (χ2v) is 9.25. The zero-order valence-corrected chi connectivity index (χ0v) is 19.7. The highest BCUT2D eigenvalue weighted by Crippen LogP contribution is 2.33. The summed E-state index contributed by atoms with van der Waals surface area (Å²) in [5.41, 5.74) is 3.26. The van der Waals surface area contributed by atoms with Crippen molar-refractivity contribution in [2.45, 2.75) is 38.0 Å². The van der Waals surface area contributed by atoms with Crippen LogP contribution in [0.3, 0.4) is 0 Å². The summed E-state index contributed by atoms with van der Waals surface area (Å²) in [5, 5.41) is 17.3. The topological polar surface area (TPSA) is 85.9 Å². The van der Waals surface area contributed by atoms with Gasteiger partial charge in [-0.25, -0.2) is 14.1 Å². The van der Waals surface area contributed by atoms with E-state index in [4.69, 9.17) is 4.42 Å². The molecule has 4 aromatic rings. The van der Waals surface area contributed by atoms with Crippen LogP contribution in [0.15, 0.2) is 80.6 Å². The molecule has 2 aromatic carbocycles. The van der Waals surface area contributed by atoms with Crippen LogP contribution in [-0.2, 0) is 0 Å². The highest BCUT2D eigenvalue weighted by molar-refractivity contribution is 7.07. The molecule has 1 aliphatic rings. The van der Waals surface area contributed by atoms with Gasteiger partial charge in [-0.05, 0) is 42.5 Å². The highest BCUT2D eigenvalue weighted by Gasteiger charge is 2.16. The molecule has 5 rings (SSSR count). The van der Waals surface area contributed by atoms with Gasteiger partial charge in [0.05, 0.1) is 18.0 Å². The van der Waals surface area contributed by atoms with E-state index in [-0.39, 0.29) is 17.3 Å². The van der Waals surface area contributed by atoms with E-state index in [1.54, 1.807) is 22.9 Å². The lowest BCUT2D eigenvalue weighted by Gasteiger charge is -2.22. The molecule has 2 heterocycles. The Kier molecular flexibility index (Phi) is 6.67. The average Bonchev–Trinajstić information content (AvgIpc) is 3.52. The Hall–Kier alpha value is -3.85. The number of furan rings is 1. The Bertz CT molecular complexity index is 1430. The Morgan fingerprint density at radius 3 is 2.54 bits per heavy atom. The Morgan fingerprint density at radius 2 is 1.83 bits per heavy atom. The molecule has 1 aliphatic carbocycles. The van der Waals surface area contributed by atoms with Crippen LogP contribution in [0.4, 0.5) is 16.0 Å². The fraction of sp³-hybridized carbons (Fsp3) is 0.231. The summed E-state index contributed by atoms with van der Waals surface area (Å²) >= 11 is 1.33. The molecule has 1 saturated carbocycles. The second kappa shape index (κ2) is 10.2. The minimum atomic E-state index is -0.604. The molecule has 0 unspecified atom stereocenters. The van der Waals surface area contributed by atoms with Gasteiger partial charge in [0, 0.05) is 10.9 Å².